The Morgan fingerprint density at radius 1 is 1.20 bits per heavy atom. The zero-order valence-electron chi connectivity index (χ0n) is 10.8. The third kappa shape index (κ3) is 4.23. The zero-order valence-corrected chi connectivity index (χ0v) is 11.6. The van der Waals surface area contributed by atoms with Gasteiger partial charge in [0.05, 0.1) is 12.3 Å². The molecular weight excluding hydrogens is 287 g/mol. The minimum absolute atomic E-state index is 0.136. The molecule has 1 heterocycles. The van der Waals surface area contributed by atoms with Crippen molar-refractivity contribution in [3.05, 3.63) is 53.2 Å². The average Bonchev–Trinajstić information content (AvgIpc) is 2.86. The summed E-state index contributed by atoms with van der Waals surface area (Å²) < 4.78 is 42.8. The highest BCUT2D eigenvalue weighted by Crippen LogP contribution is 2.22. The van der Waals surface area contributed by atoms with Gasteiger partial charge in [-0.05, 0) is 36.8 Å². The average molecular weight is 301 g/mol. The molecular formula is C14H14F3NOS. The van der Waals surface area contributed by atoms with E-state index in [0.29, 0.717) is 41.1 Å². The maximum absolute atomic E-state index is 13.3. The van der Waals surface area contributed by atoms with Crippen LogP contribution >= 0.6 is 11.8 Å². The van der Waals surface area contributed by atoms with Gasteiger partial charge in [-0.1, -0.05) is 17.8 Å². The number of halogens is 3. The molecule has 1 aromatic heterocycles. The maximum Gasteiger partial charge on any atom is 0.284 e. The van der Waals surface area contributed by atoms with Crippen LogP contribution in [0.1, 0.15) is 17.1 Å². The van der Waals surface area contributed by atoms with E-state index < -0.39 is 5.76 Å². The standard InChI is InChI=1S/C14H14F3NOS/c1-9-2-3-10(6-13(9)15)18-7-11-4-5-12(19-11)8-20-14(16)17/h2-6,14,18H,7-8H2,1H3. The second-order valence-electron chi connectivity index (χ2n) is 4.26. The summed E-state index contributed by atoms with van der Waals surface area (Å²) in [7, 11) is 0. The van der Waals surface area contributed by atoms with Crippen LogP contribution in [0.15, 0.2) is 34.7 Å². The SMILES string of the molecule is Cc1ccc(NCc2ccc(CSC(F)F)o2)cc1F. The monoisotopic (exact) mass is 301 g/mol. The Labute approximate surface area is 119 Å². The molecule has 0 radical (unpaired) electrons. The largest absolute Gasteiger partial charge is 0.463 e. The number of alkyl halides is 2. The van der Waals surface area contributed by atoms with Gasteiger partial charge in [-0.2, -0.15) is 8.78 Å². The molecule has 2 aromatic rings. The van der Waals surface area contributed by atoms with Gasteiger partial charge >= 0.3 is 0 Å². The van der Waals surface area contributed by atoms with Crippen LogP contribution in [0.5, 0.6) is 0 Å². The summed E-state index contributed by atoms with van der Waals surface area (Å²) in [5.74, 6) is -1.42. The Morgan fingerprint density at radius 2 is 1.95 bits per heavy atom. The van der Waals surface area contributed by atoms with Crippen molar-refractivity contribution in [1.82, 2.24) is 0 Å². The summed E-state index contributed by atoms with van der Waals surface area (Å²) in [5, 5.41) is 3.02. The lowest BCUT2D eigenvalue weighted by molar-refractivity contribution is 0.251. The molecule has 0 bridgehead atoms. The number of benzene rings is 1. The van der Waals surface area contributed by atoms with Crippen LogP contribution in [0.2, 0.25) is 0 Å². The van der Waals surface area contributed by atoms with E-state index in [4.69, 9.17) is 4.42 Å². The van der Waals surface area contributed by atoms with Crippen molar-refractivity contribution in [3.63, 3.8) is 0 Å². The van der Waals surface area contributed by atoms with E-state index in [-0.39, 0.29) is 11.6 Å². The van der Waals surface area contributed by atoms with E-state index in [2.05, 4.69) is 5.32 Å². The molecule has 2 rings (SSSR count). The van der Waals surface area contributed by atoms with Gasteiger partial charge in [0.25, 0.3) is 5.76 Å². The number of anilines is 1. The topological polar surface area (TPSA) is 25.2 Å². The molecule has 108 valence electrons. The fourth-order valence-corrected chi connectivity index (χ4v) is 2.08. The molecule has 0 aliphatic rings. The van der Waals surface area contributed by atoms with Crippen LogP contribution < -0.4 is 5.32 Å². The van der Waals surface area contributed by atoms with Crippen molar-refractivity contribution < 1.29 is 17.6 Å². The first-order valence-electron chi connectivity index (χ1n) is 6.02. The Hall–Kier alpha value is -1.56. The maximum atomic E-state index is 13.3. The van der Waals surface area contributed by atoms with Crippen molar-refractivity contribution in [2.75, 3.05) is 5.32 Å². The smallest absolute Gasteiger partial charge is 0.284 e. The van der Waals surface area contributed by atoms with Gasteiger partial charge in [0.1, 0.15) is 17.3 Å². The Balaban J connectivity index is 1.89. The van der Waals surface area contributed by atoms with Crippen molar-refractivity contribution in [3.8, 4) is 0 Å². The van der Waals surface area contributed by atoms with Gasteiger partial charge in [0, 0.05) is 5.69 Å². The summed E-state index contributed by atoms with van der Waals surface area (Å²) in [6, 6.07) is 8.26. The number of aryl methyl sites for hydroxylation is 1. The van der Waals surface area contributed by atoms with Crippen LogP contribution in [0, 0.1) is 12.7 Å². The number of thioether (sulfide) groups is 1. The molecule has 0 atom stereocenters. The van der Waals surface area contributed by atoms with E-state index in [1.807, 2.05) is 0 Å². The number of nitrogens with one attached hydrogen (secondary N) is 1. The Bertz CT molecular complexity index is 571. The lowest BCUT2D eigenvalue weighted by Gasteiger charge is -2.05. The first kappa shape index (κ1) is 14.8. The minimum Gasteiger partial charge on any atom is -0.463 e. The van der Waals surface area contributed by atoms with Crippen molar-refractivity contribution in [2.24, 2.45) is 0 Å². The van der Waals surface area contributed by atoms with Crippen molar-refractivity contribution in [1.29, 1.82) is 0 Å². The molecule has 2 nitrogen and oxygen atoms in total. The molecule has 6 heteroatoms. The first-order valence-corrected chi connectivity index (χ1v) is 7.07. The van der Waals surface area contributed by atoms with Crippen LogP contribution in [0.4, 0.5) is 18.9 Å². The van der Waals surface area contributed by atoms with Gasteiger partial charge < -0.3 is 9.73 Å². The molecule has 20 heavy (non-hydrogen) atoms. The molecule has 1 N–H and O–H groups in total. The van der Waals surface area contributed by atoms with E-state index in [0.717, 1.165) is 0 Å². The quantitative estimate of drug-likeness (QED) is 0.830. The number of furan rings is 1. The highest BCUT2D eigenvalue weighted by atomic mass is 32.2. The van der Waals surface area contributed by atoms with Crippen LogP contribution in [0.25, 0.3) is 0 Å². The van der Waals surface area contributed by atoms with Crippen molar-refractivity contribution >= 4 is 17.4 Å². The van der Waals surface area contributed by atoms with E-state index in [9.17, 15) is 13.2 Å². The third-order valence-electron chi connectivity index (χ3n) is 2.71. The molecule has 1 aromatic carbocycles. The second kappa shape index (κ2) is 6.74. The fraction of sp³-hybridized carbons (Fsp3) is 0.286. The molecule has 0 aliphatic heterocycles. The molecule has 0 saturated carbocycles. The Morgan fingerprint density at radius 3 is 2.65 bits per heavy atom. The van der Waals surface area contributed by atoms with Gasteiger partial charge in [0.2, 0.25) is 0 Å². The molecule has 0 amide bonds. The predicted octanol–water partition coefficient (Wildman–Crippen LogP) is 4.80. The zero-order chi connectivity index (χ0) is 14.5. The van der Waals surface area contributed by atoms with E-state index in [1.165, 1.54) is 6.07 Å². The summed E-state index contributed by atoms with van der Waals surface area (Å²) in [4.78, 5) is 0. The first-order chi connectivity index (χ1) is 9.54. The molecule has 0 unspecified atom stereocenters. The molecule has 0 fully saturated rings. The van der Waals surface area contributed by atoms with Gasteiger partial charge in [-0.25, -0.2) is 4.39 Å². The second-order valence-corrected chi connectivity index (χ2v) is 5.24. The third-order valence-corrected chi connectivity index (χ3v) is 3.41. The summed E-state index contributed by atoms with van der Waals surface area (Å²) >= 11 is 0.519. The lowest BCUT2D eigenvalue weighted by atomic mass is 10.2. The molecule has 0 spiro atoms. The highest BCUT2D eigenvalue weighted by Gasteiger charge is 2.07. The minimum atomic E-state index is -2.41. The van der Waals surface area contributed by atoms with Gasteiger partial charge in [0.15, 0.2) is 0 Å². The Kier molecular flexibility index (Phi) is 5.00. The summed E-state index contributed by atoms with van der Waals surface area (Å²) in [6.45, 7) is 2.07. The van der Waals surface area contributed by atoms with Crippen molar-refractivity contribution in [2.45, 2.75) is 25.0 Å². The van der Waals surface area contributed by atoms with Gasteiger partial charge in [-0.3, -0.25) is 0 Å². The van der Waals surface area contributed by atoms with E-state index >= 15 is 0 Å². The number of rotatable bonds is 6. The summed E-state index contributed by atoms with van der Waals surface area (Å²) in [5.41, 5.74) is 1.23. The number of hydrogen-bond acceptors (Lipinski definition) is 3. The normalized spacial score (nSPS) is 11.1. The van der Waals surface area contributed by atoms with E-state index in [1.54, 1.807) is 31.2 Å². The van der Waals surface area contributed by atoms with Crippen LogP contribution in [0.3, 0.4) is 0 Å². The molecule has 0 aliphatic carbocycles. The van der Waals surface area contributed by atoms with Gasteiger partial charge in [-0.15, -0.1) is 0 Å². The highest BCUT2D eigenvalue weighted by molar-refractivity contribution is 7.98. The van der Waals surface area contributed by atoms with Crippen LogP contribution in [-0.4, -0.2) is 5.76 Å². The predicted molar refractivity (Wildman–Crippen MR) is 74.5 cm³/mol. The molecule has 0 saturated heterocycles. The van der Waals surface area contributed by atoms with Crippen LogP contribution in [-0.2, 0) is 12.3 Å². The fourth-order valence-electron chi connectivity index (χ4n) is 1.63. The summed E-state index contributed by atoms with van der Waals surface area (Å²) in [6.07, 6.45) is 0. The number of hydrogen-bond donors (Lipinski definition) is 1. The lowest BCUT2D eigenvalue weighted by Crippen LogP contribution is -1.98.